The van der Waals surface area contributed by atoms with Crippen LogP contribution in [-0.2, 0) is 0 Å². The molecule has 15 heavy (non-hydrogen) atoms. The van der Waals surface area contributed by atoms with Gasteiger partial charge >= 0.3 is 0 Å². The maximum absolute atomic E-state index is 3.47. The molecular weight excluding hydrogens is 250 g/mol. The maximum atomic E-state index is 3.47. The Balaban J connectivity index is 2.45. The van der Waals surface area contributed by atoms with E-state index in [4.69, 9.17) is 0 Å². The molecule has 0 aliphatic carbocycles. The summed E-state index contributed by atoms with van der Waals surface area (Å²) >= 11 is 3.47. The van der Waals surface area contributed by atoms with E-state index < -0.39 is 0 Å². The number of rotatable bonds is 4. The first-order chi connectivity index (χ1) is 7.24. The standard InChI is InChI=1S/C13H16BrN/c1-3-4-5-9-15-11(2)12-7-6-8-13(14)10-12/h6-8,10-11,15H,5,9H2,1-2H3. The summed E-state index contributed by atoms with van der Waals surface area (Å²) in [5, 5.41) is 3.44. The molecule has 0 amide bonds. The molecule has 1 unspecified atom stereocenters. The third-order valence-electron chi connectivity index (χ3n) is 2.23. The Morgan fingerprint density at radius 3 is 2.93 bits per heavy atom. The normalized spacial score (nSPS) is 11.7. The first kappa shape index (κ1) is 12.3. The highest BCUT2D eigenvalue weighted by Gasteiger charge is 2.03. The molecule has 0 aromatic heterocycles. The van der Waals surface area contributed by atoms with Crippen LogP contribution in [0.5, 0.6) is 0 Å². The summed E-state index contributed by atoms with van der Waals surface area (Å²) in [6.45, 7) is 4.98. The van der Waals surface area contributed by atoms with Crippen LogP contribution in [0.2, 0.25) is 0 Å². The van der Waals surface area contributed by atoms with Gasteiger partial charge in [0.05, 0.1) is 0 Å². The Labute approximate surface area is 100 Å². The van der Waals surface area contributed by atoms with E-state index in [2.05, 4.69) is 58.2 Å². The molecular formula is C13H16BrN. The van der Waals surface area contributed by atoms with Gasteiger partial charge in [0, 0.05) is 23.5 Å². The minimum Gasteiger partial charge on any atom is -0.309 e. The molecule has 0 spiro atoms. The van der Waals surface area contributed by atoms with Gasteiger partial charge in [-0.1, -0.05) is 28.1 Å². The van der Waals surface area contributed by atoms with E-state index in [1.165, 1.54) is 5.56 Å². The highest BCUT2D eigenvalue weighted by molar-refractivity contribution is 9.10. The minimum absolute atomic E-state index is 0.376. The molecule has 0 saturated heterocycles. The fraction of sp³-hybridized carbons (Fsp3) is 0.385. The Morgan fingerprint density at radius 1 is 1.47 bits per heavy atom. The van der Waals surface area contributed by atoms with Crippen molar-refractivity contribution in [1.82, 2.24) is 5.32 Å². The molecule has 0 heterocycles. The van der Waals surface area contributed by atoms with E-state index in [0.717, 1.165) is 17.4 Å². The Hall–Kier alpha value is -0.780. The van der Waals surface area contributed by atoms with Gasteiger partial charge in [0.15, 0.2) is 0 Å². The quantitative estimate of drug-likeness (QED) is 0.649. The van der Waals surface area contributed by atoms with Crippen molar-refractivity contribution < 1.29 is 0 Å². The lowest BCUT2D eigenvalue weighted by Gasteiger charge is -2.13. The third-order valence-corrected chi connectivity index (χ3v) is 2.72. The third kappa shape index (κ3) is 4.51. The second-order valence-corrected chi connectivity index (χ2v) is 4.32. The van der Waals surface area contributed by atoms with Crippen molar-refractivity contribution in [2.75, 3.05) is 6.54 Å². The Kier molecular flexibility index (Phi) is 5.45. The van der Waals surface area contributed by atoms with Gasteiger partial charge in [-0.25, -0.2) is 0 Å². The molecule has 0 aliphatic rings. The molecule has 0 bridgehead atoms. The fourth-order valence-corrected chi connectivity index (χ4v) is 1.79. The molecule has 2 heteroatoms. The topological polar surface area (TPSA) is 12.0 Å². The zero-order chi connectivity index (χ0) is 11.1. The molecule has 1 nitrogen and oxygen atoms in total. The van der Waals surface area contributed by atoms with E-state index in [1.807, 2.05) is 13.0 Å². The average Bonchev–Trinajstić information content (AvgIpc) is 2.24. The first-order valence-corrected chi connectivity index (χ1v) is 5.92. The average molecular weight is 266 g/mol. The lowest BCUT2D eigenvalue weighted by atomic mass is 10.1. The van der Waals surface area contributed by atoms with Crippen LogP contribution in [0.15, 0.2) is 28.7 Å². The monoisotopic (exact) mass is 265 g/mol. The van der Waals surface area contributed by atoms with Gasteiger partial charge in [0.1, 0.15) is 0 Å². The zero-order valence-electron chi connectivity index (χ0n) is 9.18. The molecule has 0 aliphatic heterocycles. The second-order valence-electron chi connectivity index (χ2n) is 3.41. The van der Waals surface area contributed by atoms with E-state index in [-0.39, 0.29) is 0 Å². The van der Waals surface area contributed by atoms with Gasteiger partial charge in [-0.15, -0.1) is 11.8 Å². The van der Waals surface area contributed by atoms with Gasteiger partial charge in [-0.2, -0.15) is 0 Å². The van der Waals surface area contributed by atoms with Gasteiger partial charge in [-0.3, -0.25) is 0 Å². The number of hydrogen-bond acceptors (Lipinski definition) is 1. The largest absolute Gasteiger partial charge is 0.309 e. The van der Waals surface area contributed by atoms with E-state index >= 15 is 0 Å². The Bertz CT molecular complexity index is 362. The minimum atomic E-state index is 0.376. The van der Waals surface area contributed by atoms with Crippen LogP contribution < -0.4 is 5.32 Å². The van der Waals surface area contributed by atoms with Gasteiger partial charge in [-0.05, 0) is 31.5 Å². The summed E-state index contributed by atoms with van der Waals surface area (Å²) in [5.41, 5.74) is 1.30. The van der Waals surface area contributed by atoms with Crippen molar-refractivity contribution in [1.29, 1.82) is 0 Å². The summed E-state index contributed by atoms with van der Waals surface area (Å²) in [4.78, 5) is 0. The molecule has 1 atom stereocenters. The lowest BCUT2D eigenvalue weighted by Crippen LogP contribution is -2.19. The lowest BCUT2D eigenvalue weighted by molar-refractivity contribution is 0.584. The van der Waals surface area contributed by atoms with Crippen molar-refractivity contribution in [3.63, 3.8) is 0 Å². The van der Waals surface area contributed by atoms with Crippen molar-refractivity contribution in [3.8, 4) is 11.8 Å². The summed E-state index contributed by atoms with van der Waals surface area (Å²) < 4.78 is 1.13. The van der Waals surface area contributed by atoms with E-state index in [9.17, 15) is 0 Å². The van der Waals surface area contributed by atoms with Crippen molar-refractivity contribution in [2.45, 2.75) is 26.3 Å². The van der Waals surface area contributed by atoms with Crippen LogP contribution in [0.4, 0.5) is 0 Å². The summed E-state index contributed by atoms with van der Waals surface area (Å²) in [5.74, 6) is 5.94. The number of hydrogen-bond donors (Lipinski definition) is 1. The maximum Gasteiger partial charge on any atom is 0.0292 e. The number of nitrogens with one attached hydrogen (secondary N) is 1. The van der Waals surface area contributed by atoms with Crippen LogP contribution >= 0.6 is 15.9 Å². The Morgan fingerprint density at radius 2 is 2.27 bits per heavy atom. The predicted molar refractivity (Wildman–Crippen MR) is 68.6 cm³/mol. The molecule has 80 valence electrons. The SMILES string of the molecule is CC#CCCNC(C)c1cccc(Br)c1. The molecule has 0 radical (unpaired) electrons. The smallest absolute Gasteiger partial charge is 0.0292 e. The van der Waals surface area contributed by atoms with Gasteiger partial charge in [0.2, 0.25) is 0 Å². The van der Waals surface area contributed by atoms with Gasteiger partial charge < -0.3 is 5.32 Å². The van der Waals surface area contributed by atoms with Crippen molar-refractivity contribution in [2.24, 2.45) is 0 Å². The molecule has 1 aromatic rings. The van der Waals surface area contributed by atoms with Crippen LogP contribution in [0.3, 0.4) is 0 Å². The van der Waals surface area contributed by atoms with Crippen molar-refractivity contribution in [3.05, 3.63) is 34.3 Å². The summed E-state index contributed by atoms with van der Waals surface area (Å²) in [6.07, 6.45) is 0.912. The van der Waals surface area contributed by atoms with Crippen LogP contribution in [0, 0.1) is 11.8 Å². The van der Waals surface area contributed by atoms with E-state index in [0.29, 0.717) is 6.04 Å². The molecule has 1 rings (SSSR count). The predicted octanol–water partition coefficient (Wildman–Crippen LogP) is 3.51. The summed E-state index contributed by atoms with van der Waals surface area (Å²) in [6, 6.07) is 8.75. The number of benzene rings is 1. The second kappa shape index (κ2) is 6.66. The summed E-state index contributed by atoms with van der Waals surface area (Å²) in [7, 11) is 0. The van der Waals surface area contributed by atoms with Crippen molar-refractivity contribution >= 4 is 15.9 Å². The molecule has 1 aromatic carbocycles. The van der Waals surface area contributed by atoms with Crippen LogP contribution in [0.25, 0.3) is 0 Å². The fourth-order valence-electron chi connectivity index (χ4n) is 1.37. The number of halogens is 1. The molecule has 0 saturated carbocycles. The van der Waals surface area contributed by atoms with Crippen LogP contribution in [0.1, 0.15) is 31.9 Å². The first-order valence-electron chi connectivity index (χ1n) is 5.12. The molecule has 1 N–H and O–H groups in total. The van der Waals surface area contributed by atoms with E-state index in [1.54, 1.807) is 0 Å². The highest BCUT2D eigenvalue weighted by atomic mass is 79.9. The van der Waals surface area contributed by atoms with Gasteiger partial charge in [0.25, 0.3) is 0 Å². The van der Waals surface area contributed by atoms with Crippen LogP contribution in [-0.4, -0.2) is 6.54 Å². The zero-order valence-corrected chi connectivity index (χ0v) is 10.8. The highest BCUT2D eigenvalue weighted by Crippen LogP contribution is 2.17. The molecule has 0 fully saturated rings.